The van der Waals surface area contributed by atoms with Crippen molar-refractivity contribution in [1.29, 1.82) is 0 Å². The van der Waals surface area contributed by atoms with Gasteiger partial charge in [0.1, 0.15) is 0 Å². The third kappa shape index (κ3) is 14.4. The SMILES string of the molecule is COC(=O)[C@@H](O)c1ccccc1.COC(=O)[C@H](O)c1ccccc1.COC(=O)[C@H](O)c1ccccc1.COC(=O)[C@H](O)c1ccccc1. The molecule has 0 saturated carbocycles. The zero-order chi connectivity index (χ0) is 35.9. The number of methoxy groups -OCH3 is 4. The molecule has 48 heavy (non-hydrogen) atoms. The van der Waals surface area contributed by atoms with Crippen molar-refractivity contribution in [3.8, 4) is 0 Å². The number of hydrogen-bond donors (Lipinski definition) is 4. The second-order valence-corrected chi connectivity index (χ2v) is 9.35. The van der Waals surface area contributed by atoms with Crippen molar-refractivity contribution in [3.05, 3.63) is 144 Å². The lowest BCUT2D eigenvalue weighted by atomic mass is 10.1. The lowest BCUT2D eigenvalue weighted by molar-refractivity contribution is -0.151. The number of carbonyl (C=O) groups excluding carboxylic acids is 4. The lowest BCUT2D eigenvalue weighted by Crippen LogP contribution is -2.13. The van der Waals surface area contributed by atoms with Gasteiger partial charge in [-0.3, -0.25) is 0 Å². The summed E-state index contributed by atoms with van der Waals surface area (Å²) in [5.41, 5.74) is 2.18. The van der Waals surface area contributed by atoms with E-state index in [2.05, 4.69) is 18.9 Å². The molecule has 4 atom stereocenters. The summed E-state index contributed by atoms with van der Waals surface area (Å²) >= 11 is 0. The van der Waals surface area contributed by atoms with E-state index in [0.717, 1.165) is 0 Å². The van der Waals surface area contributed by atoms with E-state index in [9.17, 15) is 39.6 Å². The maximum absolute atomic E-state index is 10.8. The second kappa shape index (κ2) is 23.0. The molecule has 0 aliphatic heterocycles. The van der Waals surface area contributed by atoms with E-state index >= 15 is 0 Å². The minimum atomic E-state index is -1.17. The fourth-order valence-electron chi connectivity index (χ4n) is 3.53. The highest BCUT2D eigenvalue weighted by molar-refractivity contribution is 5.77. The van der Waals surface area contributed by atoms with E-state index in [1.54, 1.807) is 97.1 Å². The first-order valence-corrected chi connectivity index (χ1v) is 14.3. The maximum Gasteiger partial charge on any atom is 0.339 e. The molecule has 0 spiro atoms. The van der Waals surface area contributed by atoms with Crippen LogP contribution in [0.2, 0.25) is 0 Å². The molecule has 4 rings (SSSR count). The highest BCUT2D eigenvalue weighted by Gasteiger charge is 2.18. The average Bonchev–Trinajstić information content (AvgIpc) is 3.17. The van der Waals surface area contributed by atoms with E-state index in [0.29, 0.717) is 22.3 Å². The van der Waals surface area contributed by atoms with Crippen LogP contribution in [0.4, 0.5) is 0 Å². The quantitative estimate of drug-likeness (QED) is 0.159. The van der Waals surface area contributed by atoms with Gasteiger partial charge in [-0.05, 0) is 22.3 Å². The number of ether oxygens (including phenoxy) is 4. The number of carbonyl (C=O) groups is 4. The molecule has 0 saturated heterocycles. The van der Waals surface area contributed by atoms with E-state index in [4.69, 9.17) is 0 Å². The van der Waals surface area contributed by atoms with Crippen LogP contribution in [0.1, 0.15) is 46.7 Å². The molecular formula is C36H40O12. The third-order valence-electron chi connectivity index (χ3n) is 6.16. The van der Waals surface area contributed by atoms with Gasteiger partial charge in [0.05, 0.1) is 28.4 Å². The lowest BCUT2D eigenvalue weighted by Gasteiger charge is -2.07. The van der Waals surface area contributed by atoms with Crippen LogP contribution in [0.25, 0.3) is 0 Å². The molecule has 256 valence electrons. The maximum atomic E-state index is 10.8. The van der Waals surface area contributed by atoms with Gasteiger partial charge in [0, 0.05) is 0 Å². The summed E-state index contributed by atoms with van der Waals surface area (Å²) in [5.74, 6) is -2.55. The minimum Gasteiger partial charge on any atom is -0.467 e. The smallest absolute Gasteiger partial charge is 0.339 e. The third-order valence-corrected chi connectivity index (χ3v) is 6.16. The highest BCUT2D eigenvalue weighted by Crippen LogP contribution is 2.15. The summed E-state index contributed by atoms with van der Waals surface area (Å²) in [5, 5.41) is 37.3. The molecule has 0 bridgehead atoms. The van der Waals surface area contributed by atoms with Gasteiger partial charge in [0.15, 0.2) is 24.4 Å². The summed E-state index contributed by atoms with van der Waals surface area (Å²) in [7, 11) is 4.98. The number of rotatable bonds is 8. The molecule has 0 aromatic heterocycles. The van der Waals surface area contributed by atoms with Gasteiger partial charge in [-0.1, -0.05) is 121 Å². The van der Waals surface area contributed by atoms with Crippen LogP contribution >= 0.6 is 0 Å². The predicted octanol–water partition coefficient (Wildman–Crippen LogP) is 3.57. The van der Waals surface area contributed by atoms with E-state index in [1.165, 1.54) is 28.4 Å². The van der Waals surface area contributed by atoms with Crippen molar-refractivity contribution in [2.24, 2.45) is 0 Å². The number of esters is 4. The van der Waals surface area contributed by atoms with Crippen molar-refractivity contribution < 1.29 is 58.6 Å². The number of aliphatic hydroxyl groups excluding tert-OH is 4. The predicted molar refractivity (Wildman–Crippen MR) is 174 cm³/mol. The topological polar surface area (TPSA) is 186 Å². The van der Waals surface area contributed by atoms with Crippen molar-refractivity contribution >= 4 is 23.9 Å². The average molecular weight is 665 g/mol. The Balaban J connectivity index is 0.000000320. The molecule has 0 aliphatic carbocycles. The molecule has 0 heterocycles. The number of benzene rings is 4. The minimum absolute atomic E-state index is 0.546. The molecular weight excluding hydrogens is 624 g/mol. The van der Waals surface area contributed by atoms with Crippen LogP contribution in [0.5, 0.6) is 0 Å². The molecule has 0 amide bonds. The zero-order valence-electron chi connectivity index (χ0n) is 26.9. The molecule has 0 fully saturated rings. The Kier molecular flexibility index (Phi) is 19.5. The standard InChI is InChI=1S/4C9H10O3/c4*1-12-9(11)8(10)7-5-3-2-4-6-7/h4*2-6,8,10H,1H3/t4*8-/m1110/s1. The first kappa shape index (κ1) is 40.6. The van der Waals surface area contributed by atoms with E-state index < -0.39 is 48.3 Å². The summed E-state index contributed by atoms with van der Waals surface area (Å²) < 4.78 is 17.5. The van der Waals surface area contributed by atoms with Crippen LogP contribution in [0, 0.1) is 0 Å². The molecule has 4 aromatic rings. The highest BCUT2D eigenvalue weighted by atomic mass is 16.5. The molecule has 12 nitrogen and oxygen atoms in total. The molecule has 4 aromatic carbocycles. The Labute approximate surface area is 278 Å². The fourth-order valence-corrected chi connectivity index (χ4v) is 3.53. The van der Waals surface area contributed by atoms with Gasteiger partial charge >= 0.3 is 23.9 Å². The molecule has 0 unspecified atom stereocenters. The first-order chi connectivity index (χ1) is 23.0. The van der Waals surface area contributed by atoms with Gasteiger partial charge in [-0.2, -0.15) is 0 Å². The van der Waals surface area contributed by atoms with E-state index in [1.807, 2.05) is 24.3 Å². The van der Waals surface area contributed by atoms with E-state index in [-0.39, 0.29) is 0 Å². The largest absolute Gasteiger partial charge is 0.467 e. The zero-order valence-corrected chi connectivity index (χ0v) is 26.9. The summed E-state index contributed by atoms with van der Waals surface area (Å²) in [6, 6.07) is 34.6. The van der Waals surface area contributed by atoms with Crippen molar-refractivity contribution in [2.75, 3.05) is 28.4 Å². The van der Waals surface area contributed by atoms with Crippen LogP contribution in [-0.2, 0) is 38.1 Å². The molecule has 12 heteroatoms. The Bertz CT molecular complexity index is 1250. The first-order valence-electron chi connectivity index (χ1n) is 14.3. The van der Waals surface area contributed by atoms with Crippen LogP contribution in [0.3, 0.4) is 0 Å². The van der Waals surface area contributed by atoms with Crippen molar-refractivity contribution in [1.82, 2.24) is 0 Å². The van der Waals surface area contributed by atoms with Gasteiger partial charge < -0.3 is 39.4 Å². The summed E-state index contributed by atoms with van der Waals surface area (Å²) in [6.07, 6.45) is -4.68. The van der Waals surface area contributed by atoms with Crippen LogP contribution in [0.15, 0.2) is 121 Å². The Morgan fingerprint density at radius 3 is 0.625 bits per heavy atom. The molecule has 4 N–H and O–H groups in total. The Hall–Kier alpha value is -5.40. The molecule has 0 aliphatic rings. The normalized spacial score (nSPS) is 12.2. The van der Waals surface area contributed by atoms with Crippen LogP contribution in [-0.4, -0.2) is 72.7 Å². The Morgan fingerprint density at radius 2 is 0.500 bits per heavy atom. The van der Waals surface area contributed by atoms with Crippen LogP contribution < -0.4 is 0 Å². The van der Waals surface area contributed by atoms with Gasteiger partial charge in [0.2, 0.25) is 0 Å². The molecule has 0 radical (unpaired) electrons. The van der Waals surface area contributed by atoms with Crippen molar-refractivity contribution in [2.45, 2.75) is 24.4 Å². The van der Waals surface area contributed by atoms with Gasteiger partial charge in [0.25, 0.3) is 0 Å². The number of aliphatic hydroxyl groups is 4. The Morgan fingerprint density at radius 1 is 0.354 bits per heavy atom. The van der Waals surface area contributed by atoms with Gasteiger partial charge in [-0.15, -0.1) is 0 Å². The summed E-state index contributed by atoms with van der Waals surface area (Å²) in [6.45, 7) is 0. The van der Waals surface area contributed by atoms with Crippen molar-refractivity contribution in [3.63, 3.8) is 0 Å². The fraction of sp³-hybridized carbons (Fsp3) is 0.222. The summed E-state index contributed by atoms with van der Waals surface area (Å²) in [4.78, 5) is 43.4. The van der Waals surface area contributed by atoms with Gasteiger partial charge in [-0.25, -0.2) is 19.2 Å². The monoisotopic (exact) mass is 664 g/mol. The second-order valence-electron chi connectivity index (χ2n) is 9.35. The number of hydrogen-bond acceptors (Lipinski definition) is 12.